The van der Waals surface area contributed by atoms with Gasteiger partial charge in [-0.05, 0) is 5.82 Å². The zero-order valence-corrected chi connectivity index (χ0v) is 6.23. The Labute approximate surface area is 66.2 Å². The van der Waals surface area contributed by atoms with Crippen LogP contribution >= 0.6 is 0 Å². The lowest BCUT2D eigenvalue weighted by molar-refractivity contribution is 0.340. The molecule has 59 valence electrons. The highest BCUT2D eigenvalue weighted by atomic mass is 16.6. The van der Waals surface area contributed by atoms with E-state index >= 15 is 0 Å². The van der Waals surface area contributed by atoms with Crippen molar-refractivity contribution in [3.63, 3.8) is 0 Å². The Kier molecular flexibility index (Phi) is 1.30. The third-order valence-electron chi connectivity index (χ3n) is 2.37. The molecule has 4 heteroatoms. The average Bonchev–Trinajstić information content (AvgIpc) is 2.77. The van der Waals surface area contributed by atoms with Gasteiger partial charge in [0.05, 0.1) is 32.0 Å². The van der Waals surface area contributed by atoms with Crippen LogP contribution in [0.1, 0.15) is 0 Å². The SMILES string of the molecule is [B](C1CO1)C(C1CO1)C1CO1. The fourth-order valence-corrected chi connectivity index (χ4v) is 1.46. The molecular weight excluding hydrogens is 143 g/mol. The molecule has 3 heterocycles. The van der Waals surface area contributed by atoms with E-state index in [9.17, 15) is 0 Å². The maximum absolute atomic E-state index is 5.23. The molecule has 0 saturated carbocycles. The highest BCUT2D eigenvalue weighted by Gasteiger charge is 2.47. The smallest absolute Gasteiger partial charge is 0.163 e. The fraction of sp³-hybridized carbons (Fsp3) is 1.00. The Morgan fingerprint density at radius 2 is 1.55 bits per heavy atom. The molecule has 0 amide bonds. The van der Waals surface area contributed by atoms with Crippen molar-refractivity contribution in [3.05, 3.63) is 0 Å². The van der Waals surface area contributed by atoms with Crippen LogP contribution in [0, 0.1) is 0 Å². The first-order valence-electron chi connectivity index (χ1n) is 4.13. The van der Waals surface area contributed by atoms with Crippen molar-refractivity contribution >= 4 is 7.28 Å². The molecule has 3 rings (SSSR count). The van der Waals surface area contributed by atoms with Crippen molar-refractivity contribution in [2.75, 3.05) is 19.8 Å². The summed E-state index contributed by atoms with van der Waals surface area (Å²) in [6.07, 6.45) is 0.874. The van der Waals surface area contributed by atoms with Crippen molar-refractivity contribution in [3.8, 4) is 0 Å². The van der Waals surface area contributed by atoms with E-state index in [0.29, 0.717) is 24.0 Å². The average molecular weight is 153 g/mol. The van der Waals surface area contributed by atoms with E-state index in [1.165, 1.54) is 0 Å². The molecule has 3 nitrogen and oxygen atoms in total. The summed E-state index contributed by atoms with van der Waals surface area (Å²) < 4.78 is 15.6. The summed E-state index contributed by atoms with van der Waals surface area (Å²) in [6, 6.07) is 0.397. The fourth-order valence-electron chi connectivity index (χ4n) is 1.46. The largest absolute Gasteiger partial charge is 0.383 e. The summed E-state index contributed by atoms with van der Waals surface area (Å²) in [5, 5.41) is 0. The van der Waals surface area contributed by atoms with Gasteiger partial charge in [0.2, 0.25) is 0 Å². The normalized spacial score (nSPS) is 48.2. The lowest BCUT2D eigenvalue weighted by atomic mass is 9.59. The lowest BCUT2D eigenvalue weighted by Crippen LogP contribution is -2.20. The van der Waals surface area contributed by atoms with Crippen LogP contribution in [0.15, 0.2) is 0 Å². The van der Waals surface area contributed by atoms with E-state index in [2.05, 4.69) is 7.28 Å². The molecule has 3 fully saturated rings. The Morgan fingerprint density at radius 1 is 1.00 bits per heavy atom. The minimum atomic E-state index is 0.397. The van der Waals surface area contributed by atoms with E-state index in [0.717, 1.165) is 19.8 Å². The van der Waals surface area contributed by atoms with Gasteiger partial charge in [-0.1, -0.05) is 0 Å². The Morgan fingerprint density at radius 3 is 1.91 bits per heavy atom. The summed E-state index contributed by atoms with van der Waals surface area (Å²) in [5.74, 6) is 0.502. The molecule has 0 bridgehead atoms. The lowest BCUT2D eigenvalue weighted by Gasteiger charge is -2.06. The van der Waals surface area contributed by atoms with Gasteiger partial charge in [0, 0.05) is 6.00 Å². The van der Waals surface area contributed by atoms with Gasteiger partial charge in [-0.15, -0.1) is 0 Å². The summed E-state index contributed by atoms with van der Waals surface area (Å²) in [5.41, 5.74) is 0. The topological polar surface area (TPSA) is 37.6 Å². The Bertz CT molecular complexity index is 151. The van der Waals surface area contributed by atoms with Crippen LogP contribution in [-0.4, -0.2) is 45.3 Å². The molecule has 11 heavy (non-hydrogen) atoms. The van der Waals surface area contributed by atoms with Crippen LogP contribution in [0.3, 0.4) is 0 Å². The highest BCUT2D eigenvalue weighted by molar-refractivity contribution is 6.41. The molecule has 3 saturated heterocycles. The molecule has 3 aliphatic heterocycles. The number of rotatable bonds is 4. The monoisotopic (exact) mass is 153 g/mol. The van der Waals surface area contributed by atoms with Crippen LogP contribution in [0.25, 0.3) is 0 Å². The van der Waals surface area contributed by atoms with Gasteiger partial charge in [-0.2, -0.15) is 0 Å². The molecule has 0 N–H and O–H groups in total. The predicted molar refractivity (Wildman–Crippen MR) is 38.7 cm³/mol. The number of ether oxygens (including phenoxy) is 3. The minimum Gasteiger partial charge on any atom is -0.383 e. The maximum Gasteiger partial charge on any atom is 0.163 e. The van der Waals surface area contributed by atoms with E-state index in [4.69, 9.17) is 14.2 Å². The van der Waals surface area contributed by atoms with Crippen molar-refractivity contribution in [1.29, 1.82) is 0 Å². The molecule has 3 unspecified atom stereocenters. The van der Waals surface area contributed by atoms with Crippen molar-refractivity contribution in [2.45, 2.75) is 24.0 Å². The van der Waals surface area contributed by atoms with E-state index in [-0.39, 0.29) is 0 Å². The Hall–Kier alpha value is -0.0551. The summed E-state index contributed by atoms with van der Waals surface area (Å²) in [4.78, 5) is 0. The number of hydrogen-bond acceptors (Lipinski definition) is 3. The second kappa shape index (κ2) is 2.22. The molecular formula is C7H10BO3. The molecule has 3 atom stereocenters. The van der Waals surface area contributed by atoms with E-state index < -0.39 is 0 Å². The zero-order valence-electron chi connectivity index (χ0n) is 6.23. The predicted octanol–water partition coefficient (Wildman–Crippen LogP) is -0.367. The molecule has 3 aliphatic rings. The van der Waals surface area contributed by atoms with E-state index in [1.54, 1.807) is 0 Å². The van der Waals surface area contributed by atoms with Gasteiger partial charge in [0.25, 0.3) is 0 Å². The maximum atomic E-state index is 5.23. The first kappa shape index (κ1) is 6.46. The van der Waals surface area contributed by atoms with Gasteiger partial charge in [0.1, 0.15) is 0 Å². The van der Waals surface area contributed by atoms with Crippen LogP contribution in [-0.2, 0) is 14.2 Å². The quantitative estimate of drug-likeness (QED) is 0.408. The van der Waals surface area contributed by atoms with Crippen molar-refractivity contribution in [1.82, 2.24) is 0 Å². The van der Waals surface area contributed by atoms with Crippen LogP contribution in [0.4, 0.5) is 0 Å². The molecule has 0 aliphatic carbocycles. The summed E-state index contributed by atoms with van der Waals surface area (Å²) >= 11 is 0. The first-order valence-corrected chi connectivity index (χ1v) is 4.13. The van der Waals surface area contributed by atoms with Gasteiger partial charge in [-0.25, -0.2) is 0 Å². The highest BCUT2D eigenvalue weighted by Crippen LogP contribution is 2.37. The van der Waals surface area contributed by atoms with E-state index in [1.807, 2.05) is 0 Å². The first-order chi connectivity index (χ1) is 5.43. The summed E-state index contributed by atoms with van der Waals surface area (Å²) in [7, 11) is 2.25. The zero-order chi connectivity index (χ0) is 7.26. The third-order valence-corrected chi connectivity index (χ3v) is 2.37. The van der Waals surface area contributed by atoms with Crippen LogP contribution in [0.5, 0.6) is 0 Å². The van der Waals surface area contributed by atoms with Crippen LogP contribution in [0.2, 0.25) is 5.82 Å². The molecule has 0 aromatic rings. The molecule has 1 radical (unpaired) electrons. The van der Waals surface area contributed by atoms with Gasteiger partial charge in [0.15, 0.2) is 7.28 Å². The minimum absolute atomic E-state index is 0.397. The second-order valence-electron chi connectivity index (χ2n) is 3.39. The molecule has 0 spiro atoms. The summed E-state index contributed by atoms with van der Waals surface area (Å²) in [6.45, 7) is 2.72. The standard InChI is InChI=1S/C7H10BO3/c1-4(9-1)7(5-2-10-5)8-6-3-11-6/h4-7H,1-3H2. The van der Waals surface area contributed by atoms with Crippen molar-refractivity contribution < 1.29 is 14.2 Å². The van der Waals surface area contributed by atoms with Crippen molar-refractivity contribution in [2.24, 2.45) is 0 Å². The molecule has 0 aromatic carbocycles. The van der Waals surface area contributed by atoms with Gasteiger partial charge >= 0.3 is 0 Å². The van der Waals surface area contributed by atoms with Gasteiger partial charge < -0.3 is 14.2 Å². The number of epoxide rings is 3. The van der Waals surface area contributed by atoms with Crippen LogP contribution < -0.4 is 0 Å². The second-order valence-corrected chi connectivity index (χ2v) is 3.39. The Balaban J connectivity index is 1.57. The third kappa shape index (κ3) is 1.43. The molecule has 0 aromatic heterocycles. The van der Waals surface area contributed by atoms with Gasteiger partial charge in [-0.3, -0.25) is 0 Å². The number of hydrogen-bond donors (Lipinski definition) is 0.